The predicted molar refractivity (Wildman–Crippen MR) is 93.3 cm³/mol. The summed E-state index contributed by atoms with van der Waals surface area (Å²) in [7, 11) is 0. The number of hydrogen-bond donors (Lipinski definition) is 1. The van der Waals surface area contributed by atoms with E-state index in [1.165, 1.54) is 19.0 Å². The Bertz CT molecular complexity index is 629. The van der Waals surface area contributed by atoms with E-state index in [9.17, 15) is 4.79 Å². The van der Waals surface area contributed by atoms with Gasteiger partial charge in [-0.05, 0) is 30.7 Å². The van der Waals surface area contributed by atoms with Crippen molar-refractivity contribution < 1.29 is 9.53 Å². The Balaban J connectivity index is 1.98. The number of hydrogen-bond acceptors (Lipinski definition) is 3. The molecule has 5 heteroatoms. The third-order valence-corrected chi connectivity index (χ3v) is 3.60. The van der Waals surface area contributed by atoms with Gasteiger partial charge >= 0.3 is 0 Å². The fourth-order valence-electron chi connectivity index (χ4n) is 2.14. The zero-order chi connectivity index (χ0) is 16.5. The quantitative estimate of drug-likeness (QED) is 0.550. The lowest BCUT2D eigenvalue weighted by Gasteiger charge is -2.11. The Morgan fingerprint density at radius 1 is 1.17 bits per heavy atom. The van der Waals surface area contributed by atoms with Gasteiger partial charge in [-0.25, -0.2) is 4.98 Å². The first kappa shape index (κ1) is 17.3. The molecular formula is C18H21ClN2O2. The number of carbonyl (C=O) groups is 1. The Morgan fingerprint density at radius 3 is 2.74 bits per heavy atom. The van der Waals surface area contributed by atoms with Crippen LogP contribution in [0.3, 0.4) is 0 Å². The largest absolute Gasteiger partial charge is 0.493 e. The number of anilines is 1. The molecule has 2 rings (SSSR count). The Hall–Kier alpha value is -2.07. The van der Waals surface area contributed by atoms with Gasteiger partial charge in [0.05, 0.1) is 24.1 Å². The van der Waals surface area contributed by atoms with Crippen molar-refractivity contribution in [3.8, 4) is 5.75 Å². The number of aromatic nitrogens is 1. The average molecular weight is 333 g/mol. The highest BCUT2D eigenvalue weighted by molar-refractivity contribution is 6.29. The van der Waals surface area contributed by atoms with Crippen LogP contribution in [0.2, 0.25) is 5.15 Å². The van der Waals surface area contributed by atoms with Crippen LogP contribution >= 0.6 is 11.6 Å². The van der Waals surface area contributed by atoms with Crippen molar-refractivity contribution in [2.75, 3.05) is 11.9 Å². The molecule has 122 valence electrons. The Labute approximate surface area is 141 Å². The fraction of sp³-hybridized carbons (Fsp3) is 0.333. The molecule has 4 nitrogen and oxygen atoms in total. The molecule has 1 heterocycles. The van der Waals surface area contributed by atoms with Crippen LogP contribution in [0, 0.1) is 0 Å². The molecule has 0 saturated heterocycles. The molecular weight excluding hydrogens is 312 g/mol. The SMILES string of the molecule is CCCCCCOc1ccccc1C(=O)Nc1ccc(Cl)nc1. The molecule has 0 radical (unpaired) electrons. The second kappa shape index (κ2) is 9.16. The van der Waals surface area contributed by atoms with E-state index in [1.807, 2.05) is 18.2 Å². The summed E-state index contributed by atoms with van der Waals surface area (Å²) in [6.45, 7) is 2.79. The normalized spacial score (nSPS) is 10.3. The van der Waals surface area contributed by atoms with E-state index in [0.29, 0.717) is 28.8 Å². The van der Waals surface area contributed by atoms with E-state index in [1.54, 1.807) is 18.2 Å². The Morgan fingerprint density at radius 2 is 2.00 bits per heavy atom. The maximum Gasteiger partial charge on any atom is 0.259 e. The van der Waals surface area contributed by atoms with Crippen LogP contribution in [0.1, 0.15) is 43.0 Å². The summed E-state index contributed by atoms with van der Waals surface area (Å²) in [6.07, 6.45) is 6.05. The highest BCUT2D eigenvalue weighted by Crippen LogP contribution is 2.20. The van der Waals surface area contributed by atoms with Gasteiger partial charge in [-0.1, -0.05) is 49.9 Å². The van der Waals surface area contributed by atoms with Gasteiger partial charge in [0.2, 0.25) is 0 Å². The minimum absolute atomic E-state index is 0.224. The topological polar surface area (TPSA) is 51.2 Å². The second-order valence-corrected chi connectivity index (χ2v) is 5.62. The number of para-hydroxylation sites is 1. The molecule has 23 heavy (non-hydrogen) atoms. The second-order valence-electron chi connectivity index (χ2n) is 5.23. The van der Waals surface area contributed by atoms with Crippen molar-refractivity contribution in [2.24, 2.45) is 0 Å². The summed E-state index contributed by atoms with van der Waals surface area (Å²) in [4.78, 5) is 16.3. The maximum atomic E-state index is 12.4. The lowest BCUT2D eigenvalue weighted by molar-refractivity contribution is 0.102. The summed E-state index contributed by atoms with van der Waals surface area (Å²) in [5.74, 6) is 0.377. The van der Waals surface area contributed by atoms with Gasteiger partial charge in [0, 0.05) is 0 Å². The van der Waals surface area contributed by atoms with Crippen LogP contribution in [-0.2, 0) is 0 Å². The number of pyridine rings is 1. The highest BCUT2D eigenvalue weighted by Gasteiger charge is 2.12. The number of nitrogens with zero attached hydrogens (tertiary/aromatic N) is 1. The third-order valence-electron chi connectivity index (χ3n) is 3.37. The molecule has 1 amide bonds. The predicted octanol–water partition coefficient (Wildman–Crippen LogP) is 4.95. The van der Waals surface area contributed by atoms with Crippen molar-refractivity contribution in [3.05, 3.63) is 53.3 Å². The van der Waals surface area contributed by atoms with Crippen LogP contribution < -0.4 is 10.1 Å². The van der Waals surface area contributed by atoms with E-state index in [0.717, 1.165) is 12.8 Å². The fourth-order valence-corrected chi connectivity index (χ4v) is 2.25. The van der Waals surface area contributed by atoms with Gasteiger partial charge in [0.1, 0.15) is 10.9 Å². The lowest BCUT2D eigenvalue weighted by Crippen LogP contribution is -2.14. The molecule has 1 N–H and O–H groups in total. The molecule has 0 saturated carbocycles. The molecule has 0 aliphatic heterocycles. The van der Waals surface area contributed by atoms with E-state index >= 15 is 0 Å². The number of rotatable bonds is 8. The van der Waals surface area contributed by atoms with Gasteiger partial charge in [-0.2, -0.15) is 0 Å². The smallest absolute Gasteiger partial charge is 0.259 e. The summed E-state index contributed by atoms with van der Waals surface area (Å²) in [5, 5.41) is 3.18. The van der Waals surface area contributed by atoms with Crippen LogP contribution in [0.5, 0.6) is 5.75 Å². The van der Waals surface area contributed by atoms with Gasteiger partial charge < -0.3 is 10.1 Å². The summed E-state index contributed by atoms with van der Waals surface area (Å²) in [6, 6.07) is 10.6. The van der Waals surface area contributed by atoms with Crippen molar-refractivity contribution in [1.82, 2.24) is 4.98 Å². The summed E-state index contributed by atoms with van der Waals surface area (Å²) < 4.78 is 5.76. The lowest BCUT2D eigenvalue weighted by atomic mass is 10.2. The first-order chi connectivity index (χ1) is 11.2. The maximum absolute atomic E-state index is 12.4. The number of unbranched alkanes of at least 4 members (excludes halogenated alkanes) is 3. The van der Waals surface area contributed by atoms with Crippen molar-refractivity contribution in [2.45, 2.75) is 32.6 Å². The standard InChI is InChI=1S/C18H21ClN2O2/c1-2-3-4-7-12-23-16-9-6-5-8-15(16)18(22)21-14-10-11-17(19)20-13-14/h5-6,8-11,13H,2-4,7,12H2,1H3,(H,21,22). The Kier molecular flexibility index (Phi) is 6.88. The molecule has 0 aliphatic rings. The first-order valence-electron chi connectivity index (χ1n) is 7.85. The van der Waals surface area contributed by atoms with E-state index in [4.69, 9.17) is 16.3 Å². The molecule has 0 atom stereocenters. The number of benzene rings is 1. The third kappa shape index (κ3) is 5.57. The van der Waals surface area contributed by atoms with Gasteiger partial charge in [-0.3, -0.25) is 4.79 Å². The van der Waals surface area contributed by atoms with Crippen molar-refractivity contribution in [3.63, 3.8) is 0 Å². The number of carbonyl (C=O) groups excluding carboxylic acids is 1. The average Bonchev–Trinajstić information content (AvgIpc) is 2.57. The molecule has 0 spiro atoms. The van der Waals surface area contributed by atoms with E-state index in [2.05, 4.69) is 17.2 Å². The summed E-state index contributed by atoms with van der Waals surface area (Å²) in [5.41, 5.74) is 1.11. The van der Waals surface area contributed by atoms with E-state index in [-0.39, 0.29) is 5.91 Å². The highest BCUT2D eigenvalue weighted by atomic mass is 35.5. The number of amides is 1. The molecule has 0 bridgehead atoms. The summed E-state index contributed by atoms with van der Waals surface area (Å²) >= 11 is 5.74. The molecule has 0 unspecified atom stereocenters. The van der Waals surface area contributed by atoms with Crippen LogP contribution in [0.25, 0.3) is 0 Å². The minimum Gasteiger partial charge on any atom is -0.493 e. The number of nitrogens with one attached hydrogen (secondary N) is 1. The van der Waals surface area contributed by atoms with Gasteiger partial charge in [-0.15, -0.1) is 0 Å². The van der Waals surface area contributed by atoms with Crippen molar-refractivity contribution in [1.29, 1.82) is 0 Å². The zero-order valence-corrected chi connectivity index (χ0v) is 14.0. The molecule has 2 aromatic rings. The van der Waals surface area contributed by atoms with Crippen LogP contribution in [0.4, 0.5) is 5.69 Å². The first-order valence-corrected chi connectivity index (χ1v) is 8.23. The van der Waals surface area contributed by atoms with Gasteiger partial charge in [0.15, 0.2) is 0 Å². The van der Waals surface area contributed by atoms with Crippen molar-refractivity contribution >= 4 is 23.2 Å². The molecule has 1 aromatic carbocycles. The van der Waals surface area contributed by atoms with Crippen LogP contribution in [-0.4, -0.2) is 17.5 Å². The van der Waals surface area contributed by atoms with Crippen LogP contribution in [0.15, 0.2) is 42.6 Å². The van der Waals surface area contributed by atoms with Gasteiger partial charge in [0.25, 0.3) is 5.91 Å². The molecule has 1 aromatic heterocycles. The molecule has 0 fully saturated rings. The zero-order valence-electron chi connectivity index (χ0n) is 13.2. The number of ether oxygens (including phenoxy) is 1. The molecule has 0 aliphatic carbocycles. The number of halogens is 1. The monoisotopic (exact) mass is 332 g/mol. The van der Waals surface area contributed by atoms with E-state index < -0.39 is 0 Å². The minimum atomic E-state index is -0.224.